The van der Waals surface area contributed by atoms with E-state index in [0.717, 1.165) is 5.56 Å². The lowest BCUT2D eigenvalue weighted by molar-refractivity contribution is 0.148. The number of carbonyl (C=O) groups excluding carboxylic acids is 1. The lowest BCUT2D eigenvalue weighted by atomic mass is 10.2. The maximum Gasteiger partial charge on any atom is 0.415 e. The van der Waals surface area contributed by atoms with E-state index in [-0.39, 0.29) is 6.61 Å². The molecule has 0 bridgehead atoms. The molecule has 1 aromatic carbocycles. The second-order valence-corrected chi connectivity index (χ2v) is 4.30. The molecule has 1 heterocycles. The van der Waals surface area contributed by atoms with Crippen molar-refractivity contribution in [2.45, 2.75) is 6.61 Å². The van der Waals surface area contributed by atoms with Crippen LogP contribution in [0.15, 0.2) is 48.5 Å². The van der Waals surface area contributed by atoms with E-state index in [0.29, 0.717) is 11.0 Å². The molecule has 1 amide bonds. The van der Waals surface area contributed by atoms with Crippen LogP contribution in [0.2, 0.25) is 5.15 Å². The number of carbonyl (C=O) groups is 1. The Morgan fingerprint density at radius 1 is 1.21 bits per heavy atom. The molecule has 0 aliphatic rings. The third-order valence-corrected chi connectivity index (χ3v) is 2.73. The molecule has 0 atom stereocenters. The van der Waals surface area contributed by atoms with Gasteiger partial charge in [0.05, 0.1) is 0 Å². The molecule has 0 saturated heterocycles. The van der Waals surface area contributed by atoms with Gasteiger partial charge in [0.25, 0.3) is 0 Å². The van der Waals surface area contributed by atoms with Crippen molar-refractivity contribution in [1.29, 1.82) is 0 Å². The van der Waals surface area contributed by atoms with E-state index in [1.807, 2.05) is 30.3 Å². The Bertz CT molecular complexity index is 560. The molecule has 0 aliphatic carbocycles. The van der Waals surface area contributed by atoms with Crippen LogP contribution in [0.4, 0.5) is 10.6 Å². The highest BCUT2D eigenvalue weighted by atomic mass is 35.5. The molecule has 1 aromatic heterocycles. The molecule has 0 unspecified atom stereocenters. The summed E-state index contributed by atoms with van der Waals surface area (Å²) in [5, 5.41) is 0.334. The molecule has 19 heavy (non-hydrogen) atoms. The topological polar surface area (TPSA) is 42.4 Å². The summed E-state index contributed by atoms with van der Waals surface area (Å²) in [4.78, 5) is 17.2. The van der Waals surface area contributed by atoms with Crippen molar-refractivity contribution < 1.29 is 9.53 Å². The van der Waals surface area contributed by atoms with E-state index < -0.39 is 6.09 Å². The summed E-state index contributed by atoms with van der Waals surface area (Å²) in [6, 6.07) is 14.6. The number of rotatable bonds is 3. The number of ether oxygens (including phenoxy) is 1. The van der Waals surface area contributed by atoms with Crippen LogP contribution in [0.1, 0.15) is 5.56 Å². The second kappa shape index (κ2) is 6.20. The monoisotopic (exact) mass is 276 g/mol. The van der Waals surface area contributed by atoms with Gasteiger partial charge >= 0.3 is 6.09 Å². The lowest BCUT2D eigenvalue weighted by Crippen LogP contribution is -2.27. The summed E-state index contributed by atoms with van der Waals surface area (Å²) >= 11 is 5.78. The van der Waals surface area contributed by atoms with E-state index in [4.69, 9.17) is 16.3 Å². The molecular weight excluding hydrogens is 264 g/mol. The van der Waals surface area contributed by atoms with Gasteiger partial charge in [0.2, 0.25) is 0 Å². The average molecular weight is 277 g/mol. The summed E-state index contributed by atoms with van der Waals surface area (Å²) in [7, 11) is 1.59. The summed E-state index contributed by atoms with van der Waals surface area (Å²) in [6.07, 6.45) is -0.474. The number of amides is 1. The predicted octanol–water partition coefficient (Wildman–Crippen LogP) is 3.51. The molecular formula is C14H13ClN2O2. The predicted molar refractivity (Wildman–Crippen MR) is 74.3 cm³/mol. The fraction of sp³-hybridized carbons (Fsp3) is 0.143. The van der Waals surface area contributed by atoms with Crippen molar-refractivity contribution in [1.82, 2.24) is 4.98 Å². The third kappa shape index (κ3) is 3.69. The van der Waals surface area contributed by atoms with E-state index in [1.54, 1.807) is 25.2 Å². The smallest absolute Gasteiger partial charge is 0.415 e. The number of hydrogen-bond donors (Lipinski definition) is 0. The van der Waals surface area contributed by atoms with Crippen LogP contribution >= 0.6 is 11.6 Å². The molecule has 0 aliphatic heterocycles. The molecule has 0 saturated carbocycles. The van der Waals surface area contributed by atoms with Crippen LogP contribution in [0, 0.1) is 0 Å². The zero-order chi connectivity index (χ0) is 13.7. The van der Waals surface area contributed by atoms with Crippen LogP contribution in [-0.4, -0.2) is 18.1 Å². The SMILES string of the molecule is CN(C(=O)OCc1ccccc1)c1cccc(Cl)n1. The van der Waals surface area contributed by atoms with E-state index in [9.17, 15) is 4.79 Å². The molecule has 2 aromatic rings. The first-order valence-corrected chi connectivity index (χ1v) is 6.11. The van der Waals surface area contributed by atoms with Crippen molar-refractivity contribution in [3.63, 3.8) is 0 Å². The van der Waals surface area contributed by atoms with Crippen LogP contribution in [-0.2, 0) is 11.3 Å². The van der Waals surface area contributed by atoms with E-state index >= 15 is 0 Å². The number of aromatic nitrogens is 1. The van der Waals surface area contributed by atoms with Crippen molar-refractivity contribution in [2.24, 2.45) is 0 Å². The highest BCUT2D eigenvalue weighted by Crippen LogP contribution is 2.14. The van der Waals surface area contributed by atoms with Gasteiger partial charge in [0.15, 0.2) is 0 Å². The van der Waals surface area contributed by atoms with Gasteiger partial charge in [-0.15, -0.1) is 0 Å². The zero-order valence-electron chi connectivity index (χ0n) is 10.4. The van der Waals surface area contributed by atoms with Crippen molar-refractivity contribution >= 4 is 23.5 Å². The number of anilines is 1. The molecule has 0 spiro atoms. The average Bonchev–Trinajstić information content (AvgIpc) is 2.45. The molecule has 5 heteroatoms. The summed E-state index contributed by atoms with van der Waals surface area (Å²) in [6.45, 7) is 0.227. The largest absolute Gasteiger partial charge is 0.444 e. The van der Waals surface area contributed by atoms with Gasteiger partial charge in [0, 0.05) is 7.05 Å². The van der Waals surface area contributed by atoms with Gasteiger partial charge in [-0.25, -0.2) is 9.78 Å². The Hall–Kier alpha value is -2.07. The summed E-state index contributed by atoms with van der Waals surface area (Å²) in [5.74, 6) is 0.450. The highest BCUT2D eigenvalue weighted by Gasteiger charge is 2.13. The standard InChI is InChI=1S/C14H13ClN2O2/c1-17(13-9-5-8-12(15)16-13)14(18)19-10-11-6-3-2-4-7-11/h2-9H,10H2,1H3. The van der Waals surface area contributed by atoms with E-state index in [1.165, 1.54) is 4.90 Å². The normalized spacial score (nSPS) is 10.0. The maximum absolute atomic E-state index is 11.8. The Kier molecular flexibility index (Phi) is 4.36. The first-order chi connectivity index (χ1) is 9.16. The maximum atomic E-state index is 11.8. The summed E-state index contributed by atoms with van der Waals surface area (Å²) in [5.41, 5.74) is 0.934. The van der Waals surface area contributed by atoms with Crippen molar-refractivity contribution in [3.8, 4) is 0 Å². The Morgan fingerprint density at radius 3 is 2.63 bits per heavy atom. The molecule has 0 radical (unpaired) electrons. The van der Waals surface area contributed by atoms with Gasteiger partial charge in [-0.05, 0) is 17.7 Å². The second-order valence-electron chi connectivity index (χ2n) is 3.92. The summed E-state index contributed by atoms with van der Waals surface area (Å²) < 4.78 is 5.19. The number of hydrogen-bond acceptors (Lipinski definition) is 3. The van der Waals surface area contributed by atoms with Crippen LogP contribution in [0.5, 0.6) is 0 Å². The van der Waals surface area contributed by atoms with E-state index in [2.05, 4.69) is 4.98 Å². The first kappa shape index (κ1) is 13.4. The van der Waals surface area contributed by atoms with Crippen LogP contribution in [0.3, 0.4) is 0 Å². The van der Waals surface area contributed by atoms with Crippen molar-refractivity contribution in [3.05, 3.63) is 59.2 Å². The molecule has 0 N–H and O–H groups in total. The lowest BCUT2D eigenvalue weighted by Gasteiger charge is -2.16. The minimum absolute atomic E-state index is 0.227. The van der Waals surface area contributed by atoms with Gasteiger partial charge in [-0.2, -0.15) is 0 Å². The molecule has 2 rings (SSSR count). The van der Waals surface area contributed by atoms with Crippen LogP contribution < -0.4 is 4.90 Å². The van der Waals surface area contributed by atoms with Gasteiger partial charge in [-0.3, -0.25) is 4.90 Å². The Balaban J connectivity index is 1.96. The van der Waals surface area contributed by atoms with Gasteiger partial charge in [-0.1, -0.05) is 48.0 Å². The minimum atomic E-state index is -0.474. The number of benzene rings is 1. The third-order valence-electron chi connectivity index (χ3n) is 2.52. The number of pyridine rings is 1. The Labute approximate surface area is 116 Å². The molecule has 4 nitrogen and oxygen atoms in total. The zero-order valence-corrected chi connectivity index (χ0v) is 11.2. The van der Waals surface area contributed by atoms with Gasteiger partial charge < -0.3 is 4.74 Å². The minimum Gasteiger partial charge on any atom is -0.444 e. The molecule has 0 fully saturated rings. The highest BCUT2D eigenvalue weighted by molar-refractivity contribution is 6.29. The first-order valence-electron chi connectivity index (χ1n) is 5.74. The fourth-order valence-corrected chi connectivity index (χ4v) is 1.65. The van der Waals surface area contributed by atoms with Crippen LogP contribution in [0.25, 0.3) is 0 Å². The van der Waals surface area contributed by atoms with Gasteiger partial charge in [0.1, 0.15) is 17.6 Å². The Morgan fingerprint density at radius 2 is 1.95 bits per heavy atom. The quantitative estimate of drug-likeness (QED) is 0.806. The molecule has 98 valence electrons. The van der Waals surface area contributed by atoms with Crippen molar-refractivity contribution in [2.75, 3.05) is 11.9 Å². The number of nitrogens with zero attached hydrogens (tertiary/aromatic N) is 2. The number of halogens is 1. The fourth-order valence-electron chi connectivity index (χ4n) is 1.49.